The first-order valence-electron chi connectivity index (χ1n) is 10.0. The fourth-order valence-corrected chi connectivity index (χ4v) is 3.61. The molecule has 0 bridgehead atoms. The van der Waals surface area contributed by atoms with Crippen molar-refractivity contribution in [1.29, 1.82) is 0 Å². The summed E-state index contributed by atoms with van der Waals surface area (Å²) in [5.41, 5.74) is 2.83. The minimum Gasteiger partial charge on any atom is -0.354 e. The van der Waals surface area contributed by atoms with Gasteiger partial charge in [0.1, 0.15) is 5.82 Å². The third-order valence-corrected chi connectivity index (χ3v) is 5.54. The molecular weight excluding hydrogens is 402 g/mol. The van der Waals surface area contributed by atoms with Crippen molar-refractivity contribution in [2.45, 2.75) is 13.8 Å². The van der Waals surface area contributed by atoms with E-state index in [1.54, 1.807) is 13.2 Å². The van der Waals surface area contributed by atoms with Crippen LogP contribution in [0.2, 0.25) is 5.02 Å². The SMILES string of the molecule is Cc1cccc(C)c1NC(=O)CN(C)C(=O)CN1CCN(c2ccc(Cl)cn2)CC1. The van der Waals surface area contributed by atoms with Crippen LogP contribution in [0, 0.1) is 13.8 Å². The van der Waals surface area contributed by atoms with Gasteiger partial charge in [-0.15, -0.1) is 0 Å². The van der Waals surface area contributed by atoms with E-state index < -0.39 is 0 Å². The smallest absolute Gasteiger partial charge is 0.243 e. The van der Waals surface area contributed by atoms with Crippen LogP contribution in [0.4, 0.5) is 11.5 Å². The maximum Gasteiger partial charge on any atom is 0.243 e. The highest BCUT2D eigenvalue weighted by Gasteiger charge is 2.22. The van der Waals surface area contributed by atoms with Gasteiger partial charge in [-0.2, -0.15) is 0 Å². The highest BCUT2D eigenvalue weighted by atomic mass is 35.5. The molecule has 8 heteroatoms. The second-order valence-corrected chi connectivity index (χ2v) is 8.10. The number of carbonyl (C=O) groups excluding carboxylic acids is 2. The molecule has 2 amide bonds. The van der Waals surface area contributed by atoms with E-state index in [9.17, 15) is 9.59 Å². The van der Waals surface area contributed by atoms with E-state index in [1.165, 1.54) is 4.90 Å². The lowest BCUT2D eigenvalue weighted by Crippen LogP contribution is -2.50. The van der Waals surface area contributed by atoms with Crippen LogP contribution in [-0.4, -0.2) is 72.9 Å². The Balaban J connectivity index is 1.45. The lowest BCUT2D eigenvalue weighted by atomic mass is 10.1. The van der Waals surface area contributed by atoms with Gasteiger partial charge in [-0.1, -0.05) is 29.8 Å². The average molecular weight is 430 g/mol. The molecule has 0 radical (unpaired) electrons. The van der Waals surface area contributed by atoms with Crippen LogP contribution < -0.4 is 10.2 Å². The number of anilines is 2. The number of benzene rings is 1. The lowest BCUT2D eigenvalue weighted by molar-refractivity contribution is -0.134. The molecule has 160 valence electrons. The molecule has 2 heterocycles. The number of hydrogen-bond acceptors (Lipinski definition) is 5. The largest absolute Gasteiger partial charge is 0.354 e. The van der Waals surface area contributed by atoms with Gasteiger partial charge >= 0.3 is 0 Å². The molecule has 1 N–H and O–H groups in total. The summed E-state index contributed by atoms with van der Waals surface area (Å²) in [7, 11) is 1.67. The third kappa shape index (κ3) is 5.70. The van der Waals surface area contributed by atoms with Crippen LogP contribution in [0.3, 0.4) is 0 Å². The van der Waals surface area contributed by atoms with Crippen molar-refractivity contribution in [2.24, 2.45) is 0 Å². The van der Waals surface area contributed by atoms with Gasteiger partial charge in [-0.05, 0) is 37.1 Å². The summed E-state index contributed by atoms with van der Waals surface area (Å²) in [6.45, 7) is 7.35. The maximum absolute atomic E-state index is 12.6. The summed E-state index contributed by atoms with van der Waals surface area (Å²) in [6, 6.07) is 9.61. The molecule has 0 aliphatic carbocycles. The summed E-state index contributed by atoms with van der Waals surface area (Å²) in [4.78, 5) is 35.1. The Morgan fingerprint density at radius 2 is 1.77 bits per heavy atom. The van der Waals surface area contributed by atoms with Crippen molar-refractivity contribution in [2.75, 3.05) is 56.5 Å². The minimum absolute atomic E-state index is 0.0290. The topological polar surface area (TPSA) is 68.8 Å². The molecule has 1 aliphatic heterocycles. The van der Waals surface area contributed by atoms with Crippen molar-refractivity contribution in [3.63, 3.8) is 0 Å². The highest BCUT2D eigenvalue weighted by Crippen LogP contribution is 2.19. The Morgan fingerprint density at radius 3 is 2.37 bits per heavy atom. The lowest BCUT2D eigenvalue weighted by Gasteiger charge is -2.35. The number of aromatic nitrogens is 1. The number of likely N-dealkylation sites (N-methyl/N-ethyl adjacent to an activating group) is 1. The number of halogens is 1. The first-order valence-corrected chi connectivity index (χ1v) is 10.4. The molecule has 1 aromatic heterocycles. The zero-order valence-corrected chi connectivity index (χ0v) is 18.4. The van der Waals surface area contributed by atoms with Crippen LogP contribution in [0.5, 0.6) is 0 Å². The Bertz CT molecular complexity index is 875. The number of carbonyl (C=O) groups is 2. The molecule has 2 aromatic rings. The molecular formula is C22H28ClN5O2. The highest BCUT2D eigenvalue weighted by molar-refractivity contribution is 6.30. The minimum atomic E-state index is -0.193. The van der Waals surface area contributed by atoms with Crippen LogP contribution in [0.1, 0.15) is 11.1 Å². The van der Waals surface area contributed by atoms with Gasteiger partial charge in [0.2, 0.25) is 11.8 Å². The Morgan fingerprint density at radius 1 is 1.10 bits per heavy atom. The number of hydrogen-bond donors (Lipinski definition) is 1. The molecule has 0 unspecified atom stereocenters. The van der Waals surface area contributed by atoms with Gasteiger partial charge in [-0.25, -0.2) is 4.98 Å². The maximum atomic E-state index is 12.6. The Kier molecular flexibility index (Phi) is 7.29. The van der Waals surface area contributed by atoms with Crippen molar-refractivity contribution < 1.29 is 9.59 Å². The van der Waals surface area contributed by atoms with E-state index in [4.69, 9.17) is 11.6 Å². The molecule has 1 saturated heterocycles. The first kappa shape index (κ1) is 22.1. The van der Waals surface area contributed by atoms with Crippen LogP contribution in [0.25, 0.3) is 0 Å². The van der Waals surface area contributed by atoms with E-state index in [0.717, 1.165) is 48.8 Å². The number of amides is 2. The zero-order valence-electron chi connectivity index (χ0n) is 17.7. The van der Waals surface area contributed by atoms with Gasteiger partial charge in [0, 0.05) is 45.1 Å². The van der Waals surface area contributed by atoms with E-state index in [2.05, 4.69) is 20.1 Å². The van der Waals surface area contributed by atoms with Crippen LogP contribution >= 0.6 is 11.6 Å². The van der Waals surface area contributed by atoms with E-state index in [-0.39, 0.29) is 18.4 Å². The van der Waals surface area contributed by atoms with E-state index in [0.29, 0.717) is 11.6 Å². The molecule has 0 spiro atoms. The van der Waals surface area contributed by atoms with Gasteiger partial charge in [-0.3, -0.25) is 14.5 Å². The predicted octanol–water partition coefficient (Wildman–Crippen LogP) is 2.57. The summed E-state index contributed by atoms with van der Waals surface area (Å²) in [6.07, 6.45) is 1.64. The second-order valence-electron chi connectivity index (χ2n) is 7.66. The van der Waals surface area contributed by atoms with Crippen molar-refractivity contribution in [1.82, 2.24) is 14.8 Å². The van der Waals surface area contributed by atoms with Crippen molar-refractivity contribution >= 4 is 34.9 Å². The molecule has 1 aliphatic rings. The third-order valence-electron chi connectivity index (χ3n) is 5.32. The number of piperazine rings is 1. The first-order chi connectivity index (χ1) is 14.3. The van der Waals surface area contributed by atoms with Gasteiger partial charge in [0.25, 0.3) is 0 Å². The molecule has 0 saturated carbocycles. The molecule has 1 fully saturated rings. The van der Waals surface area contributed by atoms with E-state index in [1.807, 2.05) is 44.2 Å². The van der Waals surface area contributed by atoms with E-state index >= 15 is 0 Å². The van der Waals surface area contributed by atoms with Gasteiger partial charge in [0.15, 0.2) is 0 Å². The summed E-state index contributed by atoms with van der Waals surface area (Å²) >= 11 is 5.90. The average Bonchev–Trinajstić information content (AvgIpc) is 2.72. The Labute approximate surface area is 182 Å². The quantitative estimate of drug-likeness (QED) is 0.764. The number of pyridine rings is 1. The second kappa shape index (κ2) is 9.91. The van der Waals surface area contributed by atoms with Crippen LogP contribution in [0.15, 0.2) is 36.5 Å². The zero-order chi connectivity index (χ0) is 21.7. The standard InChI is InChI=1S/C22H28ClN5O2/c1-16-5-4-6-17(2)22(16)25-20(29)14-26(3)21(30)15-27-9-11-28(12-10-27)19-8-7-18(23)13-24-19/h4-8,13H,9-12,14-15H2,1-3H3,(H,25,29). The molecule has 7 nitrogen and oxygen atoms in total. The molecule has 1 aromatic carbocycles. The fourth-order valence-electron chi connectivity index (χ4n) is 3.50. The molecule has 30 heavy (non-hydrogen) atoms. The number of rotatable bonds is 6. The molecule has 3 rings (SSSR count). The van der Waals surface area contributed by atoms with Crippen LogP contribution in [-0.2, 0) is 9.59 Å². The number of aryl methyl sites for hydroxylation is 2. The Hall–Kier alpha value is -2.64. The summed E-state index contributed by atoms with van der Waals surface area (Å²) < 4.78 is 0. The van der Waals surface area contributed by atoms with Crippen molar-refractivity contribution in [3.8, 4) is 0 Å². The van der Waals surface area contributed by atoms with Crippen molar-refractivity contribution in [3.05, 3.63) is 52.7 Å². The number of nitrogens with one attached hydrogen (secondary N) is 1. The fraction of sp³-hybridized carbons (Fsp3) is 0.409. The van der Waals surface area contributed by atoms with Gasteiger partial charge in [0.05, 0.1) is 18.1 Å². The summed E-state index contributed by atoms with van der Waals surface area (Å²) in [5, 5.41) is 3.54. The monoisotopic (exact) mass is 429 g/mol. The summed E-state index contributed by atoms with van der Waals surface area (Å²) in [5.74, 6) is 0.636. The number of nitrogens with zero attached hydrogens (tertiary/aromatic N) is 4. The normalized spacial score (nSPS) is 14.5. The number of para-hydroxylation sites is 1. The molecule has 0 atom stereocenters. The predicted molar refractivity (Wildman–Crippen MR) is 120 cm³/mol. The van der Waals surface area contributed by atoms with Gasteiger partial charge < -0.3 is 15.1 Å².